The molecule has 6 nitrogen and oxygen atoms in total. The van der Waals surface area contributed by atoms with Gasteiger partial charge in [0, 0.05) is 20.3 Å². The van der Waals surface area contributed by atoms with Gasteiger partial charge in [-0.2, -0.15) is 0 Å². The molecule has 1 atom stereocenters. The third kappa shape index (κ3) is 4.15. The number of carbonyl (C=O) groups is 2. The Morgan fingerprint density at radius 2 is 1.82 bits per heavy atom. The van der Waals surface area contributed by atoms with Crippen LogP contribution in [0.4, 0.5) is 0 Å². The molecule has 1 aliphatic heterocycles. The number of aliphatic hydroxyl groups excluding tert-OH is 1. The van der Waals surface area contributed by atoms with E-state index >= 15 is 0 Å². The highest BCUT2D eigenvalue weighted by molar-refractivity contribution is 6.46. The second kappa shape index (κ2) is 9.87. The van der Waals surface area contributed by atoms with Gasteiger partial charge in [-0.15, -0.1) is 0 Å². The van der Waals surface area contributed by atoms with E-state index in [1.807, 2.05) is 49.4 Å². The Morgan fingerprint density at radius 3 is 2.56 bits per heavy atom. The number of benzene rings is 3. The summed E-state index contributed by atoms with van der Waals surface area (Å²) >= 11 is 6.36. The number of hydrogen-bond acceptors (Lipinski definition) is 5. The van der Waals surface area contributed by atoms with Crippen molar-refractivity contribution in [3.8, 4) is 5.75 Å². The van der Waals surface area contributed by atoms with Crippen LogP contribution in [0.3, 0.4) is 0 Å². The van der Waals surface area contributed by atoms with Crippen molar-refractivity contribution in [3.05, 3.63) is 81.9 Å². The number of aliphatic hydroxyl groups is 1. The van der Waals surface area contributed by atoms with Gasteiger partial charge in [0.15, 0.2) is 0 Å². The number of carbonyl (C=O) groups excluding carboxylic acids is 2. The first-order chi connectivity index (χ1) is 16.4. The third-order valence-electron chi connectivity index (χ3n) is 6.05. The Kier molecular flexibility index (Phi) is 6.91. The van der Waals surface area contributed by atoms with E-state index in [9.17, 15) is 14.7 Å². The number of nitrogens with zero attached hydrogens (tertiary/aromatic N) is 1. The molecule has 1 fully saturated rings. The second-order valence-corrected chi connectivity index (χ2v) is 8.64. The molecule has 3 aromatic rings. The highest BCUT2D eigenvalue weighted by atomic mass is 35.5. The minimum atomic E-state index is -0.771. The smallest absolute Gasteiger partial charge is 0.295 e. The van der Waals surface area contributed by atoms with Crippen LogP contribution in [0.15, 0.2) is 60.2 Å². The number of fused-ring (bicyclic) bond motifs is 1. The van der Waals surface area contributed by atoms with Crippen LogP contribution >= 0.6 is 11.6 Å². The highest BCUT2D eigenvalue weighted by Crippen LogP contribution is 2.44. The Bertz CT molecular complexity index is 1290. The quantitative estimate of drug-likeness (QED) is 0.216. The molecule has 0 spiro atoms. The van der Waals surface area contributed by atoms with Gasteiger partial charge in [0.05, 0.1) is 29.3 Å². The molecule has 0 aliphatic carbocycles. The number of methoxy groups -OCH3 is 2. The fourth-order valence-electron chi connectivity index (χ4n) is 4.56. The molecular formula is C27H26ClNO5. The molecule has 4 rings (SSSR count). The van der Waals surface area contributed by atoms with Crippen LogP contribution in [0.2, 0.25) is 5.02 Å². The van der Waals surface area contributed by atoms with Crippen LogP contribution in [0.1, 0.15) is 29.2 Å². The summed E-state index contributed by atoms with van der Waals surface area (Å²) in [7, 11) is 3.03. The summed E-state index contributed by atoms with van der Waals surface area (Å²) in [6.07, 6.45) is 0.546. The van der Waals surface area contributed by atoms with Crippen molar-refractivity contribution in [2.75, 3.05) is 27.4 Å². The Balaban J connectivity index is 1.98. The topological polar surface area (TPSA) is 76.1 Å². The van der Waals surface area contributed by atoms with Gasteiger partial charge in [-0.1, -0.05) is 54.1 Å². The molecule has 1 amide bonds. The zero-order valence-corrected chi connectivity index (χ0v) is 20.1. The summed E-state index contributed by atoms with van der Waals surface area (Å²) in [5.41, 5.74) is 1.82. The number of hydrogen-bond donors (Lipinski definition) is 1. The minimum absolute atomic E-state index is 0.0127. The second-order valence-electron chi connectivity index (χ2n) is 8.23. The van der Waals surface area contributed by atoms with Crippen molar-refractivity contribution in [3.63, 3.8) is 0 Å². The largest absolute Gasteiger partial charge is 0.507 e. The van der Waals surface area contributed by atoms with Gasteiger partial charge in [0.2, 0.25) is 0 Å². The summed E-state index contributed by atoms with van der Waals surface area (Å²) in [4.78, 5) is 28.0. The molecule has 1 heterocycles. The Hall–Kier alpha value is -3.35. The van der Waals surface area contributed by atoms with Gasteiger partial charge in [-0.05, 0) is 47.4 Å². The zero-order valence-electron chi connectivity index (χ0n) is 19.3. The number of ketones is 1. The molecule has 1 N–H and O–H groups in total. The van der Waals surface area contributed by atoms with Gasteiger partial charge >= 0.3 is 0 Å². The van der Waals surface area contributed by atoms with Crippen LogP contribution < -0.4 is 4.74 Å². The molecule has 1 aliphatic rings. The summed E-state index contributed by atoms with van der Waals surface area (Å²) in [6.45, 7) is 2.56. The average molecular weight is 480 g/mol. The van der Waals surface area contributed by atoms with E-state index in [1.54, 1.807) is 19.2 Å². The number of Topliss-reactive ketones (excluding diaryl/α,β-unsaturated/α-hetero) is 1. The lowest BCUT2D eigenvalue weighted by atomic mass is 9.91. The van der Waals surface area contributed by atoms with E-state index < -0.39 is 17.7 Å². The lowest BCUT2D eigenvalue weighted by Gasteiger charge is -2.26. The molecule has 1 unspecified atom stereocenters. The average Bonchev–Trinajstić information content (AvgIpc) is 3.08. The molecule has 0 radical (unpaired) electrons. The maximum Gasteiger partial charge on any atom is 0.295 e. The van der Waals surface area contributed by atoms with Crippen molar-refractivity contribution >= 4 is 39.8 Å². The Labute approximate surface area is 203 Å². The SMILES string of the molecule is COCCCN1C(=O)C(=O)/C(=C(/O)c2cc(C)cc(Cl)c2OC)C1c1cccc2ccccc12. The van der Waals surface area contributed by atoms with Crippen molar-refractivity contribution < 1.29 is 24.2 Å². The summed E-state index contributed by atoms with van der Waals surface area (Å²) in [6, 6.07) is 16.1. The predicted molar refractivity (Wildman–Crippen MR) is 132 cm³/mol. The van der Waals surface area contributed by atoms with Gasteiger partial charge in [0.25, 0.3) is 11.7 Å². The highest BCUT2D eigenvalue weighted by Gasteiger charge is 2.46. The predicted octanol–water partition coefficient (Wildman–Crippen LogP) is 5.27. The van der Waals surface area contributed by atoms with E-state index in [0.717, 1.165) is 21.9 Å². The lowest BCUT2D eigenvalue weighted by Crippen LogP contribution is -2.31. The van der Waals surface area contributed by atoms with Gasteiger partial charge in [0.1, 0.15) is 11.5 Å². The van der Waals surface area contributed by atoms with Crippen LogP contribution in [0.25, 0.3) is 16.5 Å². The molecule has 1 saturated heterocycles. The number of aryl methyl sites for hydroxylation is 1. The maximum atomic E-state index is 13.3. The van der Waals surface area contributed by atoms with E-state index in [0.29, 0.717) is 24.6 Å². The summed E-state index contributed by atoms with van der Waals surface area (Å²) < 4.78 is 10.6. The number of likely N-dealkylation sites (tertiary alicyclic amines) is 1. The van der Waals surface area contributed by atoms with E-state index in [-0.39, 0.29) is 22.6 Å². The van der Waals surface area contributed by atoms with Crippen molar-refractivity contribution in [2.45, 2.75) is 19.4 Å². The monoisotopic (exact) mass is 479 g/mol. The first-order valence-electron chi connectivity index (χ1n) is 11.0. The Morgan fingerprint density at radius 1 is 1.09 bits per heavy atom. The van der Waals surface area contributed by atoms with Gasteiger partial charge in [-0.25, -0.2) is 0 Å². The van der Waals surface area contributed by atoms with Crippen molar-refractivity contribution in [2.24, 2.45) is 0 Å². The van der Waals surface area contributed by atoms with Crippen LogP contribution in [-0.2, 0) is 14.3 Å². The molecule has 176 valence electrons. The van der Waals surface area contributed by atoms with Crippen LogP contribution in [0, 0.1) is 6.92 Å². The van der Waals surface area contributed by atoms with Crippen molar-refractivity contribution in [1.29, 1.82) is 0 Å². The number of rotatable bonds is 7. The van der Waals surface area contributed by atoms with Gasteiger partial charge in [-0.3, -0.25) is 9.59 Å². The maximum absolute atomic E-state index is 13.3. The molecule has 7 heteroatoms. The summed E-state index contributed by atoms with van der Waals surface area (Å²) in [5.74, 6) is -1.47. The standard InChI is InChI=1S/C27H26ClNO5/c1-16-14-20(26(34-3)21(28)15-16)24(30)22-23(29(12-7-13-33-2)27(32)25(22)31)19-11-6-9-17-8-4-5-10-18(17)19/h4-6,8-11,14-15,23,30H,7,12-13H2,1-3H3/b24-22+. The van der Waals surface area contributed by atoms with Crippen molar-refractivity contribution in [1.82, 2.24) is 4.90 Å². The zero-order chi connectivity index (χ0) is 24.4. The molecular weight excluding hydrogens is 454 g/mol. The van der Waals surface area contributed by atoms with E-state index in [2.05, 4.69) is 0 Å². The molecule has 0 aromatic heterocycles. The number of amides is 1. The molecule has 3 aromatic carbocycles. The lowest BCUT2D eigenvalue weighted by molar-refractivity contribution is -0.140. The van der Waals surface area contributed by atoms with Gasteiger partial charge < -0.3 is 19.5 Å². The number of halogens is 1. The fraction of sp³-hybridized carbons (Fsp3) is 0.259. The van der Waals surface area contributed by atoms with Crippen LogP contribution in [-0.4, -0.2) is 49.1 Å². The van der Waals surface area contributed by atoms with Crippen LogP contribution in [0.5, 0.6) is 5.75 Å². The molecule has 0 bridgehead atoms. The summed E-state index contributed by atoms with van der Waals surface area (Å²) in [5, 5.41) is 13.7. The van der Waals surface area contributed by atoms with E-state index in [1.165, 1.54) is 12.0 Å². The fourth-order valence-corrected chi connectivity index (χ4v) is 4.91. The molecule has 34 heavy (non-hydrogen) atoms. The molecule has 0 saturated carbocycles. The number of ether oxygens (including phenoxy) is 2. The third-order valence-corrected chi connectivity index (χ3v) is 6.33. The first kappa shape index (κ1) is 23.8. The first-order valence-corrected chi connectivity index (χ1v) is 11.4. The minimum Gasteiger partial charge on any atom is -0.507 e. The normalized spacial score (nSPS) is 17.5. The van der Waals surface area contributed by atoms with E-state index in [4.69, 9.17) is 21.1 Å².